The van der Waals surface area contributed by atoms with Crippen LogP contribution in [-0.2, 0) is 14.8 Å². The molecular formula is C11H13N3O3S2. The Labute approximate surface area is 114 Å². The Kier molecular flexibility index (Phi) is 3.50. The van der Waals surface area contributed by atoms with E-state index in [0.29, 0.717) is 18.7 Å². The number of hydrogen-bond acceptors (Lipinski definition) is 6. The summed E-state index contributed by atoms with van der Waals surface area (Å²) in [6, 6.07) is 7.34. The Balaban J connectivity index is 1.86. The quantitative estimate of drug-likeness (QED) is 0.864. The van der Waals surface area contributed by atoms with Gasteiger partial charge >= 0.3 is 0 Å². The first-order valence-corrected chi connectivity index (χ1v) is 8.15. The molecule has 2 aromatic rings. The molecule has 1 saturated heterocycles. The predicted molar refractivity (Wildman–Crippen MR) is 72.6 cm³/mol. The molecule has 1 unspecified atom stereocenters. The highest BCUT2D eigenvalue weighted by Crippen LogP contribution is 2.25. The van der Waals surface area contributed by atoms with Gasteiger partial charge in [-0.3, -0.25) is 0 Å². The number of morpholine rings is 1. The van der Waals surface area contributed by atoms with Crippen LogP contribution in [0.4, 0.5) is 0 Å². The molecule has 0 radical (unpaired) electrons. The van der Waals surface area contributed by atoms with Crippen molar-refractivity contribution in [2.24, 2.45) is 0 Å². The normalized spacial score (nSPS) is 20.7. The summed E-state index contributed by atoms with van der Waals surface area (Å²) in [5.41, 5.74) is 0.690. The molecule has 0 bridgehead atoms. The van der Waals surface area contributed by atoms with Gasteiger partial charge in [-0.15, -0.1) is 11.3 Å². The number of nitrogens with one attached hydrogen (secondary N) is 2. The monoisotopic (exact) mass is 299 g/mol. The van der Waals surface area contributed by atoms with E-state index in [1.165, 1.54) is 0 Å². The molecule has 1 fully saturated rings. The lowest BCUT2D eigenvalue weighted by Gasteiger charge is -2.23. The molecule has 1 atom stereocenters. The van der Waals surface area contributed by atoms with Crippen molar-refractivity contribution < 1.29 is 13.2 Å². The smallest absolute Gasteiger partial charge is 0.270 e. The van der Waals surface area contributed by atoms with Gasteiger partial charge in [-0.1, -0.05) is 12.1 Å². The molecule has 1 aliphatic heterocycles. The van der Waals surface area contributed by atoms with Crippen molar-refractivity contribution >= 4 is 31.6 Å². The van der Waals surface area contributed by atoms with Crippen LogP contribution in [0.5, 0.6) is 0 Å². The van der Waals surface area contributed by atoms with Gasteiger partial charge in [0.1, 0.15) is 6.23 Å². The number of para-hydroxylation sites is 1. The summed E-state index contributed by atoms with van der Waals surface area (Å²) in [6.45, 7) is 1.69. The van der Waals surface area contributed by atoms with Gasteiger partial charge < -0.3 is 10.1 Å². The average Bonchev–Trinajstić information content (AvgIpc) is 2.84. The summed E-state index contributed by atoms with van der Waals surface area (Å²) in [5, 5.41) is 3.07. The van der Waals surface area contributed by atoms with Crippen LogP contribution in [0.2, 0.25) is 0 Å². The lowest BCUT2D eigenvalue weighted by molar-refractivity contribution is 0.0219. The van der Waals surface area contributed by atoms with E-state index in [-0.39, 0.29) is 4.34 Å². The highest BCUT2D eigenvalue weighted by atomic mass is 32.2. The van der Waals surface area contributed by atoms with Gasteiger partial charge in [0.15, 0.2) is 0 Å². The Morgan fingerprint density at radius 1 is 1.42 bits per heavy atom. The topological polar surface area (TPSA) is 80.3 Å². The van der Waals surface area contributed by atoms with Crippen molar-refractivity contribution in [1.29, 1.82) is 0 Å². The molecule has 0 spiro atoms. The highest BCUT2D eigenvalue weighted by Gasteiger charge is 2.25. The summed E-state index contributed by atoms with van der Waals surface area (Å²) in [4.78, 5) is 4.14. The van der Waals surface area contributed by atoms with Crippen molar-refractivity contribution in [3.8, 4) is 0 Å². The number of aromatic nitrogens is 1. The zero-order valence-electron chi connectivity index (χ0n) is 10.00. The lowest BCUT2D eigenvalue weighted by atomic mass is 10.3. The first-order chi connectivity index (χ1) is 9.15. The first kappa shape index (κ1) is 12.9. The standard InChI is InChI=1S/C11H13N3O3S2/c15-19(16,14-10-7-12-5-6-17-10)11-13-8-3-1-2-4-9(8)18-11/h1-4,10,12,14H,5-7H2. The molecule has 8 heteroatoms. The van der Waals surface area contributed by atoms with Gasteiger partial charge in [0.05, 0.1) is 16.8 Å². The van der Waals surface area contributed by atoms with E-state index in [0.717, 1.165) is 22.6 Å². The Morgan fingerprint density at radius 2 is 2.26 bits per heavy atom. The molecule has 2 heterocycles. The third-order valence-corrected chi connectivity index (χ3v) is 5.58. The second-order valence-electron chi connectivity index (χ2n) is 4.13. The van der Waals surface area contributed by atoms with Gasteiger partial charge in [-0.2, -0.15) is 4.72 Å². The van der Waals surface area contributed by atoms with Crippen LogP contribution in [0, 0.1) is 0 Å². The minimum absolute atomic E-state index is 0.0721. The van der Waals surface area contributed by atoms with Crippen molar-refractivity contribution in [1.82, 2.24) is 15.0 Å². The summed E-state index contributed by atoms with van der Waals surface area (Å²) in [7, 11) is -3.63. The van der Waals surface area contributed by atoms with E-state index in [1.54, 1.807) is 6.07 Å². The van der Waals surface area contributed by atoms with Crippen molar-refractivity contribution in [3.63, 3.8) is 0 Å². The van der Waals surface area contributed by atoms with E-state index >= 15 is 0 Å². The van der Waals surface area contributed by atoms with Crippen LogP contribution in [-0.4, -0.2) is 39.3 Å². The highest BCUT2D eigenvalue weighted by molar-refractivity contribution is 7.91. The molecule has 19 heavy (non-hydrogen) atoms. The van der Waals surface area contributed by atoms with E-state index in [1.807, 2.05) is 18.2 Å². The largest absolute Gasteiger partial charge is 0.360 e. The van der Waals surface area contributed by atoms with Gasteiger partial charge in [0.25, 0.3) is 10.0 Å². The maximum absolute atomic E-state index is 12.2. The van der Waals surface area contributed by atoms with E-state index in [9.17, 15) is 8.42 Å². The summed E-state index contributed by atoms with van der Waals surface area (Å²) >= 11 is 1.16. The lowest BCUT2D eigenvalue weighted by Crippen LogP contribution is -2.48. The third-order valence-electron chi connectivity index (χ3n) is 2.72. The molecule has 6 nitrogen and oxygen atoms in total. The number of sulfonamides is 1. The van der Waals surface area contributed by atoms with Gasteiger partial charge in [0, 0.05) is 13.1 Å². The molecular weight excluding hydrogens is 286 g/mol. The summed E-state index contributed by atoms with van der Waals surface area (Å²) in [5.74, 6) is 0. The molecule has 0 aliphatic carbocycles. The Bertz CT molecular complexity index is 644. The molecule has 1 aromatic carbocycles. The Morgan fingerprint density at radius 3 is 3.00 bits per heavy atom. The molecule has 1 aromatic heterocycles. The second-order valence-corrected chi connectivity index (χ2v) is 7.05. The van der Waals surface area contributed by atoms with Crippen molar-refractivity contribution in [2.75, 3.05) is 19.7 Å². The van der Waals surface area contributed by atoms with Crippen LogP contribution < -0.4 is 10.0 Å². The maximum atomic E-state index is 12.2. The zero-order valence-corrected chi connectivity index (χ0v) is 11.6. The summed E-state index contributed by atoms with van der Waals surface area (Å²) in [6.07, 6.45) is -0.536. The molecule has 3 rings (SSSR count). The minimum atomic E-state index is -3.63. The van der Waals surface area contributed by atoms with Crippen molar-refractivity contribution in [2.45, 2.75) is 10.6 Å². The van der Waals surface area contributed by atoms with Crippen LogP contribution in [0.15, 0.2) is 28.6 Å². The number of nitrogens with zero attached hydrogens (tertiary/aromatic N) is 1. The van der Waals surface area contributed by atoms with E-state index in [4.69, 9.17) is 4.74 Å². The fourth-order valence-electron chi connectivity index (χ4n) is 1.83. The Hall–Kier alpha value is -1.06. The number of hydrogen-bond donors (Lipinski definition) is 2. The summed E-state index contributed by atoms with van der Waals surface area (Å²) < 4.78 is 33.2. The number of ether oxygens (including phenoxy) is 1. The van der Waals surface area contributed by atoms with Crippen molar-refractivity contribution in [3.05, 3.63) is 24.3 Å². The minimum Gasteiger partial charge on any atom is -0.360 e. The average molecular weight is 299 g/mol. The molecule has 102 valence electrons. The van der Waals surface area contributed by atoms with Gasteiger partial charge in [-0.25, -0.2) is 13.4 Å². The molecule has 0 saturated carbocycles. The van der Waals surface area contributed by atoms with Gasteiger partial charge in [-0.05, 0) is 12.1 Å². The maximum Gasteiger partial charge on any atom is 0.270 e. The number of benzene rings is 1. The zero-order chi connectivity index (χ0) is 13.3. The SMILES string of the molecule is O=S(=O)(NC1CNCCO1)c1nc2ccccc2s1. The third kappa shape index (κ3) is 2.77. The van der Waals surface area contributed by atoms with E-state index < -0.39 is 16.3 Å². The number of fused-ring (bicyclic) bond motifs is 1. The first-order valence-electron chi connectivity index (χ1n) is 5.85. The van der Waals surface area contributed by atoms with Crippen LogP contribution in [0.25, 0.3) is 10.2 Å². The van der Waals surface area contributed by atoms with Gasteiger partial charge in [0.2, 0.25) is 4.34 Å². The fourth-order valence-corrected chi connectivity index (χ4v) is 4.20. The molecule has 1 aliphatic rings. The van der Waals surface area contributed by atoms with Crippen LogP contribution >= 0.6 is 11.3 Å². The van der Waals surface area contributed by atoms with Crippen LogP contribution in [0.3, 0.4) is 0 Å². The predicted octanol–water partition coefficient (Wildman–Crippen LogP) is 0.520. The van der Waals surface area contributed by atoms with E-state index in [2.05, 4.69) is 15.0 Å². The number of rotatable bonds is 3. The van der Waals surface area contributed by atoms with Crippen LogP contribution in [0.1, 0.15) is 0 Å². The number of thiazole rings is 1. The molecule has 2 N–H and O–H groups in total. The fraction of sp³-hybridized carbons (Fsp3) is 0.364. The molecule has 0 amide bonds. The second kappa shape index (κ2) is 5.14.